The summed E-state index contributed by atoms with van der Waals surface area (Å²) in [5, 5.41) is 10.3. The molecule has 110 valence electrons. The summed E-state index contributed by atoms with van der Waals surface area (Å²) in [6, 6.07) is 11.8. The van der Waals surface area contributed by atoms with Gasteiger partial charge < -0.3 is 9.84 Å². The van der Waals surface area contributed by atoms with Gasteiger partial charge in [0.05, 0.1) is 11.6 Å². The van der Waals surface area contributed by atoms with E-state index in [1.165, 1.54) is 17.8 Å². The molecule has 0 atom stereocenters. The fourth-order valence-corrected chi connectivity index (χ4v) is 2.98. The lowest BCUT2D eigenvalue weighted by atomic mass is 10.2. The number of hydrogen-bond acceptors (Lipinski definition) is 3. The Labute approximate surface area is 136 Å². The molecule has 0 radical (unpaired) electrons. The van der Waals surface area contributed by atoms with E-state index in [-0.39, 0.29) is 5.56 Å². The van der Waals surface area contributed by atoms with Gasteiger partial charge in [-0.2, -0.15) is 0 Å². The van der Waals surface area contributed by atoms with Gasteiger partial charge >= 0.3 is 5.97 Å². The highest BCUT2D eigenvalue weighted by atomic mass is 35.5. The number of carboxylic acid groups (broad SMARTS) is 1. The van der Waals surface area contributed by atoms with E-state index in [0.29, 0.717) is 28.2 Å². The number of carboxylic acids is 1. The summed E-state index contributed by atoms with van der Waals surface area (Å²) < 4.78 is 5.51. The Morgan fingerprint density at radius 3 is 2.71 bits per heavy atom. The fourth-order valence-electron chi connectivity index (χ4n) is 1.66. The minimum Gasteiger partial charge on any atom is -0.492 e. The van der Waals surface area contributed by atoms with Gasteiger partial charge in [0.25, 0.3) is 0 Å². The molecule has 2 rings (SSSR count). The van der Waals surface area contributed by atoms with E-state index in [1.54, 1.807) is 36.4 Å². The predicted octanol–water partition coefficient (Wildman–Crippen LogP) is 4.86. The minimum absolute atomic E-state index is 0.156. The predicted molar refractivity (Wildman–Crippen MR) is 86.1 cm³/mol. The molecular formula is C15H12Cl2O3S. The van der Waals surface area contributed by atoms with E-state index < -0.39 is 5.97 Å². The summed E-state index contributed by atoms with van der Waals surface area (Å²) >= 11 is 13.5. The van der Waals surface area contributed by atoms with Crippen molar-refractivity contribution in [2.45, 2.75) is 4.90 Å². The van der Waals surface area contributed by atoms with Crippen LogP contribution in [0.25, 0.3) is 0 Å². The first-order valence-corrected chi connectivity index (χ1v) is 7.85. The molecule has 0 heterocycles. The number of thioether (sulfide) groups is 1. The van der Waals surface area contributed by atoms with Crippen LogP contribution in [0.15, 0.2) is 47.4 Å². The van der Waals surface area contributed by atoms with Gasteiger partial charge in [-0.25, -0.2) is 4.79 Å². The van der Waals surface area contributed by atoms with Gasteiger partial charge in [-0.15, -0.1) is 11.8 Å². The molecule has 0 aromatic heterocycles. The smallest absolute Gasteiger partial charge is 0.339 e. The van der Waals surface area contributed by atoms with Crippen LogP contribution in [-0.4, -0.2) is 23.4 Å². The number of hydrogen-bond donors (Lipinski definition) is 1. The Morgan fingerprint density at radius 2 is 1.95 bits per heavy atom. The third-order valence-corrected chi connectivity index (χ3v) is 4.31. The summed E-state index contributed by atoms with van der Waals surface area (Å²) in [6.45, 7) is 0.373. The zero-order valence-electron chi connectivity index (χ0n) is 10.9. The molecule has 2 aromatic rings. The molecular weight excluding hydrogens is 331 g/mol. The zero-order valence-corrected chi connectivity index (χ0v) is 13.2. The van der Waals surface area contributed by atoms with Gasteiger partial charge in [0.2, 0.25) is 0 Å². The standard InChI is InChI=1S/C15H12Cl2O3S/c16-10-5-6-12(17)14(9-10)21-8-7-20-13-4-2-1-3-11(13)15(18)19/h1-6,9H,7-8H2,(H,18,19). The maximum Gasteiger partial charge on any atom is 0.339 e. The molecule has 21 heavy (non-hydrogen) atoms. The van der Waals surface area contributed by atoms with Crippen LogP contribution in [0, 0.1) is 0 Å². The lowest BCUT2D eigenvalue weighted by molar-refractivity contribution is 0.0692. The van der Waals surface area contributed by atoms with E-state index in [2.05, 4.69) is 0 Å². The van der Waals surface area contributed by atoms with Crippen molar-refractivity contribution in [3.8, 4) is 5.75 Å². The highest BCUT2D eigenvalue weighted by Crippen LogP contribution is 2.29. The molecule has 0 aliphatic heterocycles. The number of benzene rings is 2. The van der Waals surface area contributed by atoms with Crippen molar-refractivity contribution < 1.29 is 14.6 Å². The third kappa shape index (κ3) is 4.56. The lowest BCUT2D eigenvalue weighted by Gasteiger charge is -2.09. The zero-order chi connectivity index (χ0) is 15.2. The Kier molecular flexibility index (Phi) is 5.79. The molecule has 3 nitrogen and oxygen atoms in total. The van der Waals surface area contributed by atoms with Crippen molar-refractivity contribution >= 4 is 40.9 Å². The van der Waals surface area contributed by atoms with Gasteiger partial charge in [-0.1, -0.05) is 35.3 Å². The second-order valence-corrected chi connectivity index (χ2v) is 6.05. The van der Waals surface area contributed by atoms with Crippen LogP contribution in [0.5, 0.6) is 5.75 Å². The first-order chi connectivity index (χ1) is 10.1. The fraction of sp³-hybridized carbons (Fsp3) is 0.133. The van der Waals surface area contributed by atoms with E-state index in [4.69, 9.17) is 33.0 Å². The van der Waals surface area contributed by atoms with Crippen LogP contribution in [-0.2, 0) is 0 Å². The number of aromatic carboxylic acids is 1. The second-order valence-electron chi connectivity index (χ2n) is 4.07. The number of halogens is 2. The normalized spacial score (nSPS) is 10.4. The summed E-state index contributed by atoms with van der Waals surface area (Å²) in [7, 11) is 0. The van der Waals surface area contributed by atoms with Crippen molar-refractivity contribution in [3.05, 3.63) is 58.1 Å². The Morgan fingerprint density at radius 1 is 1.19 bits per heavy atom. The largest absolute Gasteiger partial charge is 0.492 e. The second kappa shape index (κ2) is 7.59. The molecule has 0 fully saturated rings. The van der Waals surface area contributed by atoms with Crippen molar-refractivity contribution in [3.63, 3.8) is 0 Å². The first kappa shape index (κ1) is 16.0. The lowest BCUT2D eigenvalue weighted by Crippen LogP contribution is -2.05. The molecule has 1 N–H and O–H groups in total. The average Bonchev–Trinajstić information content (AvgIpc) is 2.47. The maximum absolute atomic E-state index is 11.0. The van der Waals surface area contributed by atoms with Gasteiger partial charge in [-0.3, -0.25) is 0 Å². The summed E-state index contributed by atoms with van der Waals surface area (Å²) in [5.41, 5.74) is 0.156. The average molecular weight is 343 g/mol. The molecule has 0 saturated carbocycles. The van der Waals surface area contributed by atoms with Crippen molar-refractivity contribution in [2.24, 2.45) is 0 Å². The van der Waals surface area contributed by atoms with Crippen LogP contribution in [0.3, 0.4) is 0 Å². The van der Waals surface area contributed by atoms with Crippen LogP contribution >= 0.6 is 35.0 Å². The molecule has 0 saturated heterocycles. The summed E-state index contributed by atoms with van der Waals surface area (Å²) in [6.07, 6.45) is 0. The Hall–Kier alpha value is -1.36. The van der Waals surface area contributed by atoms with E-state index in [9.17, 15) is 4.79 Å². The molecule has 0 spiro atoms. The van der Waals surface area contributed by atoms with Crippen LogP contribution in [0.2, 0.25) is 10.0 Å². The van der Waals surface area contributed by atoms with Crippen molar-refractivity contribution in [1.82, 2.24) is 0 Å². The number of rotatable bonds is 6. The third-order valence-electron chi connectivity index (χ3n) is 2.61. The monoisotopic (exact) mass is 342 g/mol. The molecule has 0 amide bonds. The van der Waals surface area contributed by atoms with Crippen LogP contribution < -0.4 is 4.74 Å². The van der Waals surface area contributed by atoms with Crippen molar-refractivity contribution in [1.29, 1.82) is 0 Å². The van der Waals surface area contributed by atoms with Gasteiger partial charge in [0.1, 0.15) is 11.3 Å². The number of para-hydroxylation sites is 1. The van der Waals surface area contributed by atoms with E-state index in [1.807, 2.05) is 0 Å². The summed E-state index contributed by atoms with van der Waals surface area (Å²) in [5.74, 6) is -0.00693. The molecule has 0 bridgehead atoms. The van der Waals surface area contributed by atoms with Gasteiger partial charge in [0, 0.05) is 15.7 Å². The molecule has 0 aliphatic carbocycles. The topological polar surface area (TPSA) is 46.5 Å². The van der Waals surface area contributed by atoms with E-state index in [0.717, 1.165) is 4.90 Å². The van der Waals surface area contributed by atoms with Crippen molar-refractivity contribution in [2.75, 3.05) is 12.4 Å². The maximum atomic E-state index is 11.0. The SMILES string of the molecule is O=C(O)c1ccccc1OCCSc1cc(Cl)ccc1Cl. The Balaban J connectivity index is 1.91. The van der Waals surface area contributed by atoms with Gasteiger partial charge in [-0.05, 0) is 30.3 Å². The Bertz CT molecular complexity index is 647. The van der Waals surface area contributed by atoms with E-state index >= 15 is 0 Å². The number of ether oxygens (including phenoxy) is 1. The molecule has 0 unspecified atom stereocenters. The quantitative estimate of drug-likeness (QED) is 0.601. The van der Waals surface area contributed by atoms with Crippen LogP contribution in [0.1, 0.15) is 10.4 Å². The van der Waals surface area contributed by atoms with Gasteiger partial charge in [0.15, 0.2) is 0 Å². The van der Waals surface area contributed by atoms with Crippen LogP contribution in [0.4, 0.5) is 0 Å². The molecule has 2 aromatic carbocycles. The number of carbonyl (C=O) groups is 1. The highest BCUT2D eigenvalue weighted by molar-refractivity contribution is 7.99. The summed E-state index contributed by atoms with van der Waals surface area (Å²) in [4.78, 5) is 11.9. The highest BCUT2D eigenvalue weighted by Gasteiger charge is 2.10. The first-order valence-electron chi connectivity index (χ1n) is 6.11. The minimum atomic E-state index is -1.00. The molecule has 0 aliphatic rings. The molecule has 6 heteroatoms.